The zero-order valence-electron chi connectivity index (χ0n) is 7.12. The Morgan fingerprint density at radius 1 is 1.75 bits per heavy atom. The minimum atomic E-state index is 0.146. The molecule has 1 unspecified atom stereocenters. The summed E-state index contributed by atoms with van der Waals surface area (Å²) in [6, 6.07) is 3.95. The molecule has 0 aliphatic heterocycles. The number of hydrogen-bond acceptors (Lipinski definition) is 4. The van der Waals surface area contributed by atoms with Crippen molar-refractivity contribution in [3.05, 3.63) is 24.2 Å². The van der Waals surface area contributed by atoms with Gasteiger partial charge in [-0.2, -0.15) is 11.8 Å². The van der Waals surface area contributed by atoms with Crippen LogP contribution in [0.25, 0.3) is 0 Å². The van der Waals surface area contributed by atoms with Crippen LogP contribution in [0, 0.1) is 0 Å². The number of nitrogens with two attached hydrogens (primary N) is 1. The Hall–Kier alpha value is -0.450. The molecule has 0 saturated heterocycles. The summed E-state index contributed by atoms with van der Waals surface area (Å²) in [5.74, 6) is 7.37. The van der Waals surface area contributed by atoms with Crippen molar-refractivity contribution < 1.29 is 4.42 Å². The zero-order valence-corrected chi connectivity index (χ0v) is 7.93. The highest BCUT2D eigenvalue weighted by molar-refractivity contribution is 7.98. The van der Waals surface area contributed by atoms with Crippen LogP contribution in [0.2, 0.25) is 0 Å². The number of rotatable bonds is 5. The van der Waals surface area contributed by atoms with Crippen molar-refractivity contribution >= 4 is 11.8 Å². The third kappa shape index (κ3) is 2.55. The van der Waals surface area contributed by atoms with Gasteiger partial charge in [-0.25, -0.2) is 5.43 Å². The molecule has 4 heteroatoms. The molecule has 0 aliphatic carbocycles. The Labute approximate surface area is 76.7 Å². The van der Waals surface area contributed by atoms with Crippen molar-refractivity contribution in [2.45, 2.75) is 12.5 Å². The lowest BCUT2D eigenvalue weighted by atomic mass is 10.2. The first-order valence-corrected chi connectivity index (χ1v) is 5.26. The highest BCUT2D eigenvalue weighted by Gasteiger charge is 2.10. The summed E-state index contributed by atoms with van der Waals surface area (Å²) >= 11 is 1.81. The van der Waals surface area contributed by atoms with E-state index in [1.165, 1.54) is 0 Å². The van der Waals surface area contributed by atoms with E-state index in [2.05, 4.69) is 11.7 Å². The van der Waals surface area contributed by atoms with E-state index in [0.29, 0.717) is 0 Å². The fourth-order valence-corrected chi connectivity index (χ4v) is 1.50. The molecule has 0 radical (unpaired) electrons. The molecule has 3 nitrogen and oxygen atoms in total. The molecule has 68 valence electrons. The van der Waals surface area contributed by atoms with E-state index in [-0.39, 0.29) is 6.04 Å². The molecule has 3 N–H and O–H groups in total. The topological polar surface area (TPSA) is 51.2 Å². The Morgan fingerprint density at radius 2 is 2.58 bits per heavy atom. The number of furan rings is 1. The van der Waals surface area contributed by atoms with Crippen LogP contribution in [-0.2, 0) is 0 Å². The molecular weight excluding hydrogens is 172 g/mol. The number of hydrazine groups is 1. The zero-order chi connectivity index (χ0) is 8.81. The van der Waals surface area contributed by atoms with E-state index in [9.17, 15) is 0 Å². The van der Waals surface area contributed by atoms with Crippen molar-refractivity contribution in [2.24, 2.45) is 5.84 Å². The van der Waals surface area contributed by atoms with E-state index in [4.69, 9.17) is 10.3 Å². The second-order valence-corrected chi connectivity index (χ2v) is 3.50. The molecule has 1 aromatic rings. The SMILES string of the molecule is CSCCC(NN)c1ccco1. The van der Waals surface area contributed by atoms with E-state index < -0.39 is 0 Å². The van der Waals surface area contributed by atoms with Gasteiger partial charge in [0.1, 0.15) is 5.76 Å². The summed E-state index contributed by atoms with van der Waals surface area (Å²) in [4.78, 5) is 0. The summed E-state index contributed by atoms with van der Waals surface area (Å²) in [6.45, 7) is 0. The maximum Gasteiger partial charge on any atom is 0.122 e. The van der Waals surface area contributed by atoms with Crippen molar-refractivity contribution in [3.8, 4) is 0 Å². The van der Waals surface area contributed by atoms with Gasteiger partial charge in [-0.3, -0.25) is 5.84 Å². The van der Waals surface area contributed by atoms with Gasteiger partial charge in [-0.1, -0.05) is 0 Å². The molecule has 1 aromatic heterocycles. The van der Waals surface area contributed by atoms with Crippen molar-refractivity contribution in [2.75, 3.05) is 12.0 Å². The normalized spacial score (nSPS) is 13.2. The molecule has 0 amide bonds. The first-order valence-electron chi connectivity index (χ1n) is 3.87. The van der Waals surface area contributed by atoms with E-state index >= 15 is 0 Å². The van der Waals surface area contributed by atoms with Gasteiger partial charge in [0.05, 0.1) is 12.3 Å². The lowest BCUT2D eigenvalue weighted by Crippen LogP contribution is -2.28. The first-order chi connectivity index (χ1) is 5.88. The second kappa shape index (κ2) is 5.24. The lowest BCUT2D eigenvalue weighted by molar-refractivity contribution is 0.412. The molecule has 12 heavy (non-hydrogen) atoms. The quantitative estimate of drug-likeness (QED) is 0.541. The van der Waals surface area contributed by atoms with Crippen LogP contribution >= 0.6 is 11.8 Å². The van der Waals surface area contributed by atoms with Crippen LogP contribution in [0.15, 0.2) is 22.8 Å². The predicted molar refractivity (Wildman–Crippen MR) is 51.8 cm³/mol. The molecule has 0 fully saturated rings. The first kappa shape index (κ1) is 9.64. The van der Waals surface area contributed by atoms with E-state index in [0.717, 1.165) is 17.9 Å². The third-order valence-electron chi connectivity index (χ3n) is 1.70. The monoisotopic (exact) mass is 186 g/mol. The molecule has 1 heterocycles. The number of hydrogen-bond donors (Lipinski definition) is 2. The van der Waals surface area contributed by atoms with Gasteiger partial charge in [0, 0.05) is 0 Å². The average Bonchev–Trinajstić information content (AvgIpc) is 2.59. The van der Waals surface area contributed by atoms with Gasteiger partial charge in [-0.15, -0.1) is 0 Å². The molecule has 0 aromatic carbocycles. The number of nitrogens with one attached hydrogen (secondary N) is 1. The summed E-state index contributed by atoms with van der Waals surface area (Å²) in [5, 5.41) is 0. The Bertz CT molecular complexity index is 201. The van der Waals surface area contributed by atoms with Crippen LogP contribution in [0.3, 0.4) is 0 Å². The molecule has 0 aliphatic rings. The maximum absolute atomic E-state index is 5.39. The Morgan fingerprint density at radius 3 is 3.08 bits per heavy atom. The summed E-state index contributed by atoms with van der Waals surface area (Å²) in [5.41, 5.74) is 2.73. The van der Waals surface area contributed by atoms with Crippen LogP contribution in [-0.4, -0.2) is 12.0 Å². The minimum absolute atomic E-state index is 0.146. The van der Waals surface area contributed by atoms with Gasteiger partial charge in [0.2, 0.25) is 0 Å². The van der Waals surface area contributed by atoms with Crippen molar-refractivity contribution in [1.29, 1.82) is 0 Å². The summed E-state index contributed by atoms with van der Waals surface area (Å²) in [6.07, 6.45) is 4.74. The molecule has 0 bridgehead atoms. The van der Waals surface area contributed by atoms with Gasteiger partial charge in [-0.05, 0) is 30.6 Å². The number of thioether (sulfide) groups is 1. The second-order valence-electron chi connectivity index (χ2n) is 2.52. The molecule has 0 spiro atoms. The fraction of sp³-hybridized carbons (Fsp3) is 0.500. The highest BCUT2D eigenvalue weighted by Crippen LogP contribution is 2.17. The van der Waals surface area contributed by atoms with Gasteiger partial charge >= 0.3 is 0 Å². The van der Waals surface area contributed by atoms with Crippen LogP contribution < -0.4 is 11.3 Å². The average molecular weight is 186 g/mol. The van der Waals surface area contributed by atoms with E-state index in [1.54, 1.807) is 18.0 Å². The van der Waals surface area contributed by atoms with Crippen LogP contribution in [0.1, 0.15) is 18.2 Å². The molecule has 0 saturated carbocycles. The molecule has 1 atom stereocenters. The van der Waals surface area contributed by atoms with Crippen LogP contribution in [0.4, 0.5) is 0 Å². The maximum atomic E-state index is 5.39. The lowest BCUT2D eigenvalue weighted by Gasteiger charge is -2.11. The summed E-state index contributed by atoms with van der Waals surface area (Å²) in [7, 11) is 0. The highest BCUT2D eigenvalue weighted by atomic mass is 32.2. The summed E-state index contributed by atoms with van der Waals surface area (Å²) < 4.78 is 5.23. The Balaban J connectivity index is 2.45. The minimum Gasteiger partial charge on any atom is -0.468 e. The fourth-order valence-electron chi connectivity index (χ4n) is 1.03. The van der Waals surface area contributed by atoms with Crippen molar-refractivity contribution in [3.63, 3.8) is 0 Å². The molecular formula is C8H14N2OS. The third-order valence-corrected chi connectivity index (χ3v) is 2.34. The largest absolute Gasteiger partial charge is 0.468 e. The van der Waals surface area contributed by atoms with Crippen LogP contribution in [0.5, 0.6) is 0 Å². The van der Waals surface area contributed by atoms with Crippen molar-refractivity contribution in [1.82, 2.24) is 5.43 Å². The smallest absolute Gasteiger partial charge is 0.122 e. The Kier molecular flexibility index (Phi) is 4.21. The standard InChI is InChI=1S/C8H14N2OS/c1-12-6-4-7(10-9)8-3-2-5-11-8/h2-3,5,7,10H,4,6,9H2,1H3. The van der Waals surface area contributed by atoms with Gasteiger partial charge < -0.3 is 4.42 Å². The van der Waals surface area contributed by atoms with E-state index in [1.807, 2.05) is 12.1 Å². The van der Waals surface area contributed by atoms with Gasteiger partial charge in [0.15, 0.2) is 0 Å². The molecule has 1 rings (SSSR count). The van der Waals surface area contributed by atoms with Gasteiger partial charge in [0.25, 0.3) is 0 Å². The predicted octanol–water partition coefficient (Wildman–Crippen LogP) is 1.54.